The van der Waals surface area contributed by atoms with E-state index in [1.165, 1.54) is 17.4 Å². The van der Waals surface area contributed by atoms with Gasteiger partial charge in [-0.25, -0.2) is 4.39 Å². The summed E-state index contributed by atoms with van der Waals surface area (Å²) < 4.78 is 13.9. The first kappa shape index (κ1) is 7.89. The van der Waals surface area contributed by atoms with Crippen LogP contribution in [0.5, 0.6) is 0 Å². The van der Waals surface area contributed by atoms with E-state index >= 15 is 0 Å². The highest BCUT2D eigenvalue weighted by Crippen LogP contribution is 2.33. The van der Waals surface area contributed by atoms with E-state index < -0.39 is 0 Å². The number of nitrogen functional groups attached to an aromatic ring is 1. The first-order valence-corrected chi connectivity index (χ1v) is 4.67. The average Bonchev–Trinajstić information content (AvgIpc) is 2.48. The summed E-state index contributed by atoms with van der Waals surface area (Å²) in [4.78, 5) is 0.375. The SMILES string of the molecule is Nc1cc(F)c(S)c2ccsc12. The molecule has 0 aliphatic heterocycles. The van der Waals surface area contributed by atoms with E-state index in [2.05, 4.69) is 12.6 Å². The van der Waals surface area contributed by atoms with Crippen molar-refractivity contribution in [3.63, 3.8) is 0 Å². The van der Waals surface area contributed by atoms with E-state index in [0.717, 1.165) is 10.1 Å². The second-order valence-electron chi connectivity index (χ2n) is 2.46. The van der Waals surface area contributed by atoms with E-state index in [4.69, 9.17) is 5.73 Å². The van der Waals surface area contributed by atoms with Gasteiger partial charge in [0, 0.05) is 10.3 Å². The number of fused-ring (bicyclic) bond motifs is 1. The Hall–Kier alpha value is -0.740. The number of hydrogen-bond donors (Lipinski definition) is 2. The number of halogens is 1. The van der Waals surface area contributed by atoms with Crippen LogP contribution in [-0.4, -0.2) is 0 Å². The Morgan fingerprint density at radius 1 is 1.50 bits per heavy atom. The zero-order valence-electron chi connectivity index (χ0n) is 6.04. The fourth-order valence-electron chi connectivity index (χ4n) is 1.12. The molecule has 1 aromatic carbocycles. The third kappa shape index (κ3) is 0.990. The van der Waals surface area contributed by atoms with Crippen LogP contribution in [0.1, 0.15) is 0 Å². The molecule has 0 radical (unpaired) electrons. The predicted molar refractivity (Wildman–Crippen MR) is 53.4 cm³/mol. The number of thiophene rings is 1. The van der Waals surface area contributed by atoms with Crippen LogP contribution in [0.25, 0.3) is 10.1 Å². The molecule has 4 heteroatoms. The van der Waals surface area contributed by atoms with E-state index in [0.29, 0.717) is 10.6 Å². The molecular weight excluding hydrogens is 193 g/mol. The summed E-state index contributed by atoms with van der Waals surface area (Å²) in [7, 11) is 0. The van der Waals surface area contributed by atoms with Crippen molar-refractivity contribution in [1.29, 1.82) is 0 Å². The molecule has 1 heterocycles. The summed E-state index contributed by atoms with van der Waals surface area (Å²) >= 11 is 5.55. The molecule has 0 atom stereocenters. The summed E-state index contributed by atoms with van der Waals surface area (Å²) in [6.45, 7) is 0. The minimum Gasteiger partial charge on any atom is -0.397 e. The third-order valence-electron chi connectivity index (χ3n) is 1.69. The monoisotopic (exact) mass is 199 g/mol. The molecule has 2 rings (SSSR count). The van der Waals surface area contributed by atoms with Gasteiger partial charge in [-0.1, -0.05) is 0 Å². The van der Waals surface area contributed by atoms with Crippen LogP contribution >= 0.6 is 24.0 Å². The molecule has 2 N–H and O–H groups in total. The smallest absolute Gasteiger partial charge is 0.139 e. The van der Waals surface area contributed by atoms with Crippen LogP contribution in [0.3, 0.4) is 0 Å². The Balaban J connectivity index is 2.97. The number of thiol groups is 1. The fraction of sp³-hybridized carbons (Fsp3) is 0. The Kier molecular flexibility index (Phi) is 1.73. The second-order valence-corrected chi connectivity index (χ2v) is 3.82. The van der Waals surface area contributed by atoms with E-state index in [-0.39, 0.29) is 5.82 Å². The molecule has 0 saturated heterocycles. The molecule has 0 spiro atoms. The molecule has 0 aliphatic rings. The maximum Gasteiger partial charge on any atom is 0.139 e. The van der Waals surface area contributed by atoms with Crippen LogP contribution in [0, 0.1) is 5.82 Å². The first-order chi connectivity index (χ1) is 5.70. The van der Waals surface area contributed by atoms with Crippen LogP contribution in [0.15, 0.2) is 22.4 Å². The predicted octanol–water partition coefficient (Wildman–Crippen LogP) is 2.91. The van der Waals surface area contributed by atoms with Gasteiger partial charge < -0.3 is 5.73 Å². The van der Waals surface area contributed by atoms with Gasteiger partial charge in [-0.05, 0) is 17.5 Å². The molecule has 0 bridgehead atoms. The molecule has 1 nitrogen and oxygen atoms in total. The summed E-state index contributed by atoms with van der Waals surface area (Å²) in [6.07, 6.45) is 0. The van der Waals surface area contributed by atoms with Crippen LogP contribution in [0.4, 0.5) is 10.1 Å². The van der Waals surface area contributed by atoms with Crippen molar-refractivity contribution in [2.24, 2.45) is 0 Å². The molecular formula is C8H6FNS2. The fourth-order valence-corrected chi connectivity index (χ4v) is 2.28. The number of nitrogens with two attached hydrogens (primary N) is 1. The van der Waals surface area contributed by atoms with Gasteiger partial charge in [0.25, 0.3) is 0 Å². The Labute approximate surface area is 78.4 Å². The van der Waals surface area contributed by atoms with Gasteiger partial charge in [0.15, 0.2) is 0 Å². The van der Waals surface area contributed by atoms with Crippen molar-refractivity contribution in [3.05, 3.63) is 23.3 Å². The lowest BCUT2D eigenvalue weighted by Crippen LogP contribution is -1.87. The van der Waals surface area contributed by atoms with Gasteiger partial charge in [-0.2, -0.15) is 0 Å². The van der Waals surface area contributed by atoms with Crippen molar-refractivity contribution in [1.82, 2.24) is 0 Å². The molecule has 1 aromatic heterocycles. The van der Waals surface area contributed by atoms with E-state index in [1.807, 2.05) is 11.4 Å². The van der Waals surface area contributed by atoms with Crippen molar-refractivity contribution < 1.29 is 4.39 Å². The van der Waals surface area contributed by atoms with Crippen molar-refractivity contribution in [2.45, 2.75) is 4.90 Å². The molecule has 0 saturated carbocycles. The minimum absolute atomic E-state index is 0.360. The highest BCUT2D eigenvalue weighted by molar-refractivity contribution is 7.80. The summed E-state index contributed by atoms with van der Waals surface area (Å²) in [6, 6.07) is 3.13. The van der Waals surface area contributed by atoms with E-state index in [1.54, 1.807) is 0 Å². The molecule has 0 unspecified atom stereocenters. The Morgan fingerprint density at radius 2 is 2.25 bits per heavy atom. The van der Waals surface area contributed by atoms with Crippen LogP contribution in [-0.2, 0) is 0 Å². The quantitative estimate of drug-likeness (QED) is 0.495. The Morgan fingerprint density at radius 3 is 3.00 bits per heavy atom. The van der Waals surface area contributed by atoms with Gasteiger partial charge in [0.05, 0.1) is 10.4 Å². The van der Waals surface area contributed by atoms with Gasteiger partial charge in [-0.15, -0.1) is 24.0 Å². The molecule has 0 aliphatic carbocycles. The number of anilines is 1. The molecule has 0 fully saturated rings. The lowest BCUT2D eigenvalue weighted by molar-refractivity contribution is 0.607. The van der Waals surface area contributed by atoms with Gasteiger partial charge >= 0.3 is 0 Å². The van der Waals surface area contributed by atoms with Crippen LogP contribution in [0.2, 0.25) is 0 Å². The van der Waals surface area contributed by atoms with Crippen molar-refractivity contribution >= 4 is 39.7 Å². The zero-order valence-corrected chi connectivity index (χ0v) is 7.75. The molecule has 62 valence electrons. The highest BCUT2D eigenvalue weighted by Gasteiger charge is 2.07. The highest BCUT2D eigenvalue weighted by atomic mass is 32.1. The molecule has 0 amide bonds. The van der Waals surface area contributed by atoms with Gasteiger partial charge in [0.2, 0.25) is 0 Å². The van der Waals surface area contributed by atoms with E-state index in [9.17, 15) is 4.39 Å². The lowest BCUT2D eigenvalue weighted by atomic mass is 10.2. The summed E-state index contributed by atoms with van der Waals surface area (Å²) in [5.41, 5.74) is 6.09. The lowest BCUT2D eigenvalue weighted by Gasteiger charge is -2.00. The number of rotatable bonds is 0. The second kappa shape index (κ2) is 2.64. The molecule has 2 aromatic rings. The summed E-state index contributed by atoms with van der Waals surface area (Å²) in [5.74, 6) is -0.360. The van der Waals surface area contributed by atoms with Crippen molar-refractivity contribution in [2.75, 3.05) is 5.73 Å². The Bertz CT molecular complexity index is 436. The normalized spacial score (nSPS) is 10.8. The number of benzene rings is 1. The standard InChI is InChI=1S/C8H6FNS2/c9-5-3-6(10)8-4(7(5)11)1-2-12-8/h1-3,11H,10H2. The third-order valence-corrected chi connectivity index (χ3v) is 3.11. The topological polar surface area (TPSA) is 26.0 Å². The average molecular weight is 199 g/mol. The van der Waals surface area contributed by atoms with Crippen LogP contribution < -0.4 is 5.73 Å². The largest absolute Gasteiger partial charge is 0.397 e. The zero-order chi connectivity index (χ0) is 8.72. The number of hydrogen-bond acceptors (Lipinski definition) is 3. The van der Waals surface area contributed by atoms with Crippen molar-refractivity contribution in [3.8, 4) is 0 Å². The summed E-state index contributed by atoms with van der Waals surface area (Å²) in [5, 5.41) is 2.67. The first-order valence-electron chi connectivity index (χ1n) is 3.34. The maximum atomic E-state index is 13.0. The van der Waals surface area contributed by atoms with Gasteiger partial charge in [0.1, 0.15) is 5.82 Å². The molecule has 12 heavy (non-hydrogen) atoms. The minimum atomic E-state index is -0.360. The maximum absolute atomic E-state index is 13.0. The van der Waals surface area contributed by atoms with Gasteiger partial charge in [-0.3, -0.25) is 0 Å².